The Morgan fingerprint density at radius 3 is 2.64 bits per heavy atom. The van der Waals surface area contributed by atoms with Gasteiger partial charge in [-0.25, -0.2) is 0 Å². The molecule has 2 atom stereocenters. The molecule has 1 aliphatic rings. The van der Waals surface area contributed by atoms with E-state index in [-0.39, 0.29) is 5.91 Å². The Morgan fingerprint density at radius 1 is 1.23 bits per heavy atom. The molecule has 0 aliphatic heterocycles. The van der Waals surface area contributed by atoms with Crippen LogP contribution in [0.2, 0.25) is 0 Å². The van der Waals surface area contributed by atoms with Crippen molar-refractivity contribution in [2.45, 2.75) is 45.3 Å². The van der Waals surface area contributed by atoms with Crippen LogP contribution in [0, 0.1) is 5.92 Å². The van der Waals surface area contributed by atoms with Gasteiger partial charge in [0.15, 0.2) is 0 Å². The van der Waals surface area contributed by atoms with Gasteiger partial charge in [-0.3, -0.25) is 4.79 Å². The maximum Gasteiger partial charge on any atom is 0.251 e. The van der Waals surface area contributed by atoms with E-state index in [9.17, 15) is 4.79 Å². The smallest absolute Gasteiger partial charge is 0.251 e. The number of ether oxygens (including phenoxy) is 2. The van der Waals surface area contributed by atoms with Crippen LogP contribution in [0.15, 0.2) is 24.3 Å². The highest BCUT2D eigenvalue weighted by atomic mass is 16.5. The van der Waals surface area contributed by atoms with Gasteiger partial charge in [0.2, 0.25) is 0 Å². The fourth-order valence-corrected chi connectivity index (χ4v) is 2.93. The molecule has 0 heterocycles. The number of nitrogens with one attached hydrogen (secondary N) is 1. The van der Waals surface area contributed by atoms with Crippen molar-refractivity contribution < 1.29 is 14.3 Å². The van der Waals surface area contributed by atoms with Crippen LogP contribution >= 0.6 is 0 Å². The largest absolute Gasteiger partial charge is 0.380 e. The summed E-state index contributed by atoms with van der Waals surface area (Å²) in [5.41, 5.74) is 1.74. The summed E-state index contributed by atoms with van der Waals surface area (Å²) in [4.78, 5) is 12.0. The van der Waals surface area contributed by atoms with Crippen LogP contribution in [-0.4, -0.2) is 32.3 Å². The molecule has 1 aliphatic carbocycles. The van der Waals surface area contributed by atoms with Gasteiger partial charge in [-0.15, -0.1) is 0 Å². The Morgan fingerprint density at radius 2 is 1.95 bits per heavy atom. The molecular weight excluding hydrogens is 278 g/mol. The van der Waals surface area contributed by atoms with Crippen molar-refractivity contribution >= 4 is 5.91 Å². The minimum Gasteiger partial charge on any atom is -0.380 e. The van der Waals surface area contributed by atoms with E-state index in [2.05, 4.69) is 12.2 Å². The molecule has 0 aromatic heterocycles. The summed E-state index contributed by atoms with van der Waals surface area (Å²) < 4.78 is 11.0. The first-order valence-electron chi connectivity index (χ1n) is 8.18. The van der Waals surface area contributed by atoms with Crippen LogP contribution in [0.1, 0.15) is 48.5 Å². The molecule has 0 saturated heterocycles. The first-order chi connectivity index (χ1) is 10.7. The van der Waals surface area contributed by atoms with Crippen LogP contribution < -0.4 is 5.32 Å². The summed E-state index contributed by atoms with van der Waals surface area (Å²) in [6.45, 7) is 3.96. The summed E-state index contributed by atoms with van der Waals surface area (Å²) >= 11 is 0. The molecule has 0 unspecified atom stereocenters. The predicted molar refractivity (Wildman–Crippen MR) is 86.9 cm³/mol. The van der Waals surface area contributed by atoms with Crippen LogP contribution in [-0.2, 0) is 16.1 Å². The zero-order valence-corrected chi connectivity index (χ0v) is 13.6. The lowest BCUT2D eigenvalue weighted by atomic mass is 9.88. The fraction of sp³-hybridized carbons (Fsp3) is 0.611. The monoisotopic (exact) mass is 305 g/mol. The van der Waals surface area contributed by atoms with Gasteiger partial charge in [0.05, 0.1) is 19.3 Å². The second kappa shape index (κ2) is 8.91. The molecule has 1 N–H and O–H groups in total. The summed E-state index contributed by atoms with van der Waals surface area (Å²) in [5, 5.41) is 2.91. The zero-order valence-electron chi connectivity index (χ0n) is 13.6. The maximum atomic E-state index is 12.0. The number of benzene rings is 1. The molecule has 1 aromatic rings. The van der Waals surface area contributed by atoms with Crippen molar-refractivity contribution in [1.82, 2.24) is 5.32 Å². The van der Waals surface area contributed by atoms with E-state index in [1.54, 1.807) is 7.11 Å². The topological polar surface area (TPSA) is 47.6 Å². The van der Waals surface area contributed by atoms with Crippen molar-refractivity contribution in [2.24, 2.45) is 5.92 Å². The van der Waals surface area contributed by atoms with Crippen LogP contribution in [0.4, 0.5) is 0 Å². The molecule has 2 rings (SSSR count). The lowest BCUT2D eigenvalue weighted by molar-refractivity contribution is -0.00293. The van der Waals surface area contributed by atoms with E-state index in [1.807, 2.05) is 24.3 Å². The summed E-state index contributed by atoms with van der Waals surface area (Å²) in [5.74, 6) is 0.585. The van der Waals surface area contributed by atoms with Gasteiger partial charge in [0, 0.05) is 19.2 Å². The summed E-state index contributed by atoms with van der Waals surface area (Å²) in [6.07, 6.45) is 5.34. The van der Waals surface area contributed by atoms with Crippen LogP contribution in [0.5, 0.6) is 0 Å². The van der Waals surface area contributed by atoms with Crippen molar-refractivity contribution in [1.29, 1.82) is 0 Å². The van der Waals surface area contributed by atoms with Gasteiger partial charge < -0.3 is 14.8 Å². The average molecular weight is 305 g/mol. The molecular formula is C18H27NO3. The zero-order chi connectivity index (χ0) is 15.8. The van der Waals surface area contributed by atoms with Gasteiger partial charge >= 0.3 is 0 Å². The normalized spacial score (nSPS) is 21.5. The van der Waals surface area contributed by atoms with Gasteiger partial charge in [-0.1, -0.05) is 31.9 Å². The van der Waals surface area contributed by atoms with Gasteiger partial charge in [0.1, 0.15) is 0 Å². The first kappa shape index (κ1) is 17.0. The molecule has 1 saturated carbocycles. The van der Waals surface area contributed by atoms with Crippen molar-refractivity contribution in [3.05, 3.63) is 35.4 Å². The Hall–Kier alpha value is -1.39. The first-order valence-corrected chi connectivity index (χ1v) is 8.18. The standard InChI is InChI=1S/C18H27NO3/c1-14-5-3-4-6-17(14)22-12-11-19-18(20)16-9-7-15(8-10-16)13-21-2/h7-10,14,17H,3-6,11-13H2,1-2H3,(H,19,20)/t14-,17-/m1/s1. The molecule has 1 fully saturated rings. The molecule has 0 bridgehead atoms. The lowest BCUT2D eigenvalue weighted by Gasteiger charge is -2.28. The van der Waals surface area contributed by atoms with E-state index < -0.39 is 0 Å². The second-order valence-electron chi connectivity index (χ2n) is 6.06. The molecule has 1 amide bonds. The summed E-state index contributed by atoms with van der Waals surface area (Å²) in [6, 6.07) is 7.48. The van der Waals surface area contributed by atoms with E-state index >= 15 is 0 Å². The number of hydrogen-bond acceptors (Lipinski definition) is 3. The highest BCUT2D eigenvalue weighted by Crippen LogP contribution is 2.25. The van der Waals surface area contributed by atoms with E-state index in [1.165, 1.54) is 19.3 Å². The van der Waals surface area contributed by atoms with Crippen LogP contribution in [0.3, 0.4) is 0 Å². The number of carbonyl (C=O) groups is 1. The highest BCUT2D eigenvalue weighted by molar-refractivity contribution is 5.94. The number of hydrogen-bond donors (Lipinski definition) is 1. The van der Waals surface area contributed by atoms with Crippen molar-refractivity contribution in [2.75, 3.05) is 20.3 Å². The molecule has 4 nitrogen and oxygen atoms in total. The number of amides is 1. The third kappa shape index (κ3) is 5.11. The Labute approximate surface area is 133 Å². The molecule has 1 aromatic carbocycles. The van der Waals surface area contributed by atoms with Gasteiger partial charge in [-0.05, 0) is 36.5 Å². The van der Waals surface area contributed by atoms with Gasteiger partial charge in [-0.2, -0.15) is 0 Å². The van der Waals surface area contributed by atoms with Crippen LogP contribution in [0.25, 0.3) is 0 Å². The quantitative estimate of drug-likeness (QED) is 0.787. The maximum absolute atomic E-state index is 12.0. The Kier molecular flexibility index (Phi) is 6.87. The molecule has 0 spiro atoms. The van der Waals surface area contributed by atoms with Crippen molar-refractivity contribution in [3.63, 3.8) is 0 Å². The lowest BCUT2D eigenvalue weighted by Crippen LogP contribution is -2.31. The highest BCUT2D eigenvalue weighted by Gasteiger charge is 2.21. The van der Waals surface area contributed by atoms with Crippen molar-refractivity contribution in [3.8, 4) is 0 Å². The van der Waals surface area contributed by atoms with E-state index in [4.69, 9.17) is 9.47 Å². The predicted octanol–water partition coefficient (Wildman–Crippen LogP) is 3.16. The van der Waals surface area contributed by atoms with E-state index in [0.717, 1.165) is 12.0 Å². The Bertz CT molecular complexity index is 458. The van der Waals surface area contributed by atoms with Gasteiger partial charge in [0.25, 0.3) is 5.91 Å². The Balaban J connectivity index is 1.68. The second-order valence-corrected chi connectivity index (χ2v) is 6.06. The number of carbonyl (C=O) groups excluding carboxylic acids is 1. The van der Waals surface area contributed by atoms with E-state index in [0.29, 0.717) is 37.3 Å². The third-order valence-electron chi connectivity index (χ3n) is 4.28. The minimum absolute atomic E-state index is 0.0516. The molecule has 4 heteroatoms. The summed E-state index contributed by atoms with van der Waals surface area (Å²) in [7, 11) is 1.66. The number of rotatable bonds is 7. The minimum atomic E-state index is -0.0516. The molecule has 22 heavy (non-hydrogen) atoms. The molecule has 122 valence electrons. The average Bonchev–Trinajstić information content (AvgIpc) is 2.54. The third-order valence-corrected chi connectivity index (χ3v) is 4.28. The molecule has 0 radical (unpaired) electrons. The number of methoxy groups -OCH3 is 1. The SMILES string of the molecule is COCc1ccc(C(=O)NCCO[C@@H]2CCCC[C@H]2C)cc1. The fourth-order valence-electron chi connectivity index (χ4n) is 2.93.